The maximum atomic E-state index is 6.12. The van der Waals surface area contributed by atoms with E-state index in [1.165, 1.54) is 6.42 Å². The summed E-state index contributed by atoms with van der Waals surface area (Å²) in [5.41, 5.74) is 6.81. The van der Waals surface area contributed by atoms with E-state index in [0.29, 0.717) is 11.1 Å². The first kappa shape index (κ1) is 10.8. The lowest BCUT2D eigenvalue weighted by molar-refractivity contribution is 0.120. The summed E-state index contributed by atoms with van der Waals surface area (Å²) in [4.78, 5) is 0. The summed E-state index contributed by atoms with van der Waals surface area (Å²) in [5.74, 6) is 0.783. The number of nitrogens with two attached hydrogens (primary N) is 1. The lowest BCUT2D eigenvalue weighted by Crippen LogP contribution is -2.24. The molecule has 2 rings (SSSR count). The Morgan fingerprint density at radius 1 is 1.47 bits per heavy atom. The zero-order valence-electron chi connectivity index (χ0n) is 8.87. The summed E-state index contributed by atoms with van der Waals surface area (Å²) in [7, 11) is 0. The van der Waals surface area contributed by atoms with Crippen LogP contribution in [0.1, 0.15) is 37.8 Å². The van der Waals surface area contributed by atoms with Gasteiger partial charge in [-0.1, -0.05) is 17.7 Å². The first-order valence-corrected chi connectivity index (χ1v) is 5.76. The van der Waals surface area contributed by atoms with Gasteiger partial charge in [0.1, 0.15) is 5.75 Å². The molecule has 0 heterocycles. The maximum absolute atomic E-state index is 6.12. The molecular formula is C12H16ClNO. The van der Waals surface area contributed by atoms with Crippen LogP contribution in [0.15, 0.2) is 18.2 Å². The van der Waals surface area contributed by atoms with Crippen LogP contribution >= 0.6 is 11.6 Å². The van der Waals surface area contributed by atoms with E-state index in [2.05, 4.69) is 0 Å². The summed E-state index contributed by atoms with van der Waals surface area (Å²) < 4.78 is 5.74. The first-order chi connectivity index (χ1) is 7.16. The molecule has 2 N–H and O–H groups in total. The Labute approximate surface area is 95.4 Å². The van der Waals surface area contributed by atoms with Crippen LogP contribution in [0.5, 0.6) is 5.75 Å². The van der Waals surface area contributed by atoms with Gasteiger partial charge in [0, 0.05) is 6.04 Å². The Bertz CT molecular complexity index is 347. The van der Waals surface area contributed by atoms with Crippen molar-refractivity contribution in [1.82, 2.24) is 0 Å². The predicted molar refractivity (Wildman–Crippen MR) is 62.3 cm³/mol. The Hall–Kier alpha value is -0.730. The van der Waals surface area contributed by atoms with Crippen LogP contribution in [0.4, 0.5) is 0 Å². The average molecular weight is 226 g/mol. The molecule has 0 unspecified atom stereocenters. The van der Waals surface area contributed by atoms with E-state index in [-0.39, 0.29) is 6.04 Å². The molecule has 0 aromatic heterocycles. The van der Waals surface area contributed by atoms with Crippen molar-refractivity contribution in [3.05, 3.63) is 28.8 Å². The first-order valence-electron chi connectivity index (χ1n) is 5.38. The molecule has 15 heavy (non-hydrogen) atoms. The van der Waals surface area contributed by atoms with Crippen LogP contribution in [0.2, 0.25) is 5.02 Å². The summed E-state index contributed by atoms with van der Waals surface area (Å²) >= 11 is 6.12. The highest BCUT2D eigenvalue weighted by Gasteiger charge is 2.20. The van der Waals surface area contributed by atoms with Crippen molar-refractivity contribution in [3.8, 4) is 5.75 Å². The number of hydrogen-bond acceptors (Lipinski definition) is 2. The molecular weight excluding hydrogens is 210 g/mol. The van der Waals surface area contributed by atoms with Crippen molar-refractivity contribution in [3.63, 3.8) is 0 Å². The number of rotatable bonds is 3. The lowest BCUT2D eigenvalue weighted by Gasteiger charge is -2.27. The molecule has 1 aromatic carbocycles. The fraction of sp³-hybridized carbons (Fsp3) is 0.500. The minimum absolute atomic E-state index is 0.0141. The molecule has 1 aliphatic carbocycles. The van der Waals surface area contributed by atoms with Crippen molar-refractivity contribution in [2.45, 2.75) is 38.3 Å². The van der Waals surface area contributed by atoms with Gasteiger partial charge in [-0.25, -0.2) is 0 Å². The van der Waals surface area contributed by atoms with E-state index in [1.54, 1.807) is 0 Å². The Morgan fingerprint density at radius 3 is 2.67 bits per heavy atom. The van der Waals surface area contributed by atoms with E-state index in [1.807, 2.05) is 25.1 Å². The van der Waals surface area contributed by atoms with Gasteiger partial charge in [0.15, 0.2) is 0 Å². The van der Waals surface area contributed by atoms with E-state index in [4.69, 9.17) is 22.1 Å². The van der Waals surface area contributed by atoms with E-state index < -0.39 is 0 Å². The topological polar surface area (TPSA) is 35.2 Å². The highest BCUT2D eigenvalue weighted by Crippen LogP contribution is 2.31. The standard InChI is InChI=1S/C12H16ClNO/c1-8(14)9-5-6-12(11(13)7-9)15-10-3-2-4-10/h5-8,10H,2-4,14H2,1H3/t8-/m1/s1. The van der Waals surface area contributed by atoms with Crippen LogP contribution in [0.3, 0.4) is 0 Å². The SMILES string of the molecule is C[C@@H](N)c1ccc(OC2CCC2)c(Cl)c1. The van der Waals surface area contributed by atoms with Gasteiger partial charge in [0.2, 0.25) is 0 Å². The highest BCUT2D eigenvalue weighted by atomic mass is 35.5. The smallest absolute Gasteiger partial charge is 0.138 e. The monoisotopic (exact) mass is 225 g/mol. The number of hydrogen-bond donors (Lipinski definition) is 1. The van der Waals surface area contributed by atoms with Gasteiger partial charge in [0.05, 0.1) is 11.1 Å². The molecule has 0 radical (unpaired) electrons. The molecule has 1 fully saturated rings. The molecule has 1 saturated carbocycles. The molecule has 0 bridgehead atoms. The van der Waals surface area contributed by atoms with Gasteiger partial charge in [-0.05, 0) is 43.9 Å². The molecule has 1 aliphatic rings. The summed E-state index contributed by atoms with van der Waals surface area (Å²) in [6.45, 7) is 1.94. The van der Waals surface area contributed by atoms with Gasteiger partial charge in [-0.15, -0.1) is 0 Å². The fourth-order valence-corrected chi connectivity index (χ4v) is 1.80. The quantitative estimate of drug-likeness (QED) is 0.857. The molecule has 1 aromatic rings. The number of halogens is 1. The predicted octanol–water partition coefficient (Wildman–Crippen LogP) is 3.29. The Morgan fingerprint density at radius 2 is 2.20 bits per heavy atom. The van der Waals surface area contributed by atoms with Crippen LogP contribution < -0.4 is 10.5 Å². The highest BCUT2D eigenvalue weighted by molar-refractivity contribution is 6.32. The largest absolute Gasteiger partial charge is 0.489 e. The third-order valence-corrected chi connectivity index (χ3v) is 3.12. The van der Waals surface area contributed by atoms with Crippen LogP contribution in [-0.2, 0) is 0 Å². The Kier molecular flexibility index (Phi) is 3.17. The number of ether oxygens (including phenoxy) is 1. The molecule has 0 spiro atoms. The normalized spacial score (nSPS) is 18.3. The van der Waals surface area contributed by atoms with Gasteiger partial charge >= 0.3 is 0 Å². The zero-order valence-corrected chi connectivity index (χ0v) is 9.63. The summed E-state index contributed by atoms with van der Waals surface area (Å²) in [6, 6.07) is 5.80. The minimum Gasteiger partial charge on any atom is -0.489 e. The van der Waals surface area contributed by atoms with Gasteiger partial charge in [0.25, 0.3) is 0 Å². The fourth-order valence-electron chi connectivity index (χ4n) is 1.56. The number of benzene rings is 1. The third kappa shape index (κ3) is 2.44. The van der Waals surface area contributed by atoms with E-state index in [9.17, 15) is 0 Å². The van der Waals surface area contributed by atoms with Gasteiger partial charge in [-0.3, -0.25) is 0 Å². The van der Waals surface area contributed by atoms with Gasteiger partial charge < -0.3 is 10.5 Å². The second-order valence-electron chi connectivity index (χ2n) is 4.15. The molecule has 1 atom stereocenters. The zero-order chi connectivity index (χ0) is 10.8. The average Bonchev–Trinajstić information content (AvgIpc) is 2.12. The Balaban J connectivity index is 2.11. The minimum atomic E-state index is 0.0141. The molecule has 2 nitrogen and oxygen atoms in total. The van der Waals surface area contributed by atoms with Crippen molar-refractivity contribution >= 4 is 11.6 Å². The second-order valence-corrected chi connectivity index (χ2v) is 4.56. The van der Waals surface area contributed by atoms with Crippen LogP contribution in [0, 0.1) is 0 Å². The van der Waals surface area contributed by atoms with E-state index in [0.717, 1.165) is 24.2 Å². The molecule has 0 amide bonds. The van der Waals surface area contributed by atoms with Crippen molar-refractivity contribution in [2.24, 2.45) is 5.73 Å². The second kappa shape index (κ2) is 4.42. The van der Waals surface area contributed by atoms with Crippen molar-refractivity contribution in [1.29, 1.82) is 0 Å². The molecule has 3 heteroatoms. The van der Waals surface area contributed by atoms with Crippen molar-refractivity contribution < 1.29 is 4.74 Å². The van der Waals surface area contributed by atoms with Crippen molar-refractivity contribution in [2.75, 3.05) is 0 Å². The molecule has 0 aliphatic heterocycles. The third-order valence-electron chi connectivity index (χ3n) is 2.83. The molecule has 82 valence electrons. The maximum Gasteiger partial charge on any atom is 0.138 e. The summed E-state index contributed by atoms with van der Waals surface area (Å²) in [5, 5.41) is 0.664. The summed E-state index contributed by atoms with van der Waals surface area (Å²) in [6.07, 6.45) is 3.92. The molecule has 0 saturated heterocycles. The lowest BCUT2D eigenvalue weighted by atomic mass is 9.96. The van der Waals surface area contributed by atoms with Crippen LogP contribution in [0.25, 0.3) is 0 Å². The van der Waals surface area contributed by atoms with E-state index >= 15 is 0 Å². The van der Waals surface area contributed by atoms with Gasteiger partial charge in [-0.2, -0.15) is 0 Å². The van der Waals surface area contributed by atoms with Crippen LogP contribution in [-0.4, -0.2) is 6.10 Å².